The van der Waals surface area contributed by atoms with Crippen LogP contribution in [0.25, 0.3) is 0 Å². The third kappa shape index (κ3) is 39.3. The van der Waals surface area contributed by atoms with E-state index in [1.54, 1.807) is 26.8 Å². The van der Waals surface area contributed by atoms with Crippen molar-refractivity contribution in [3.8, 4) is 0 Å². The van der Waals surface area contributed by atoms with Crippen molar-refractivity contribution in [3.05, 3.63) is 186 Å². The van der Waals surface area contributed by atoms with E-state index in [9.17, 15) is 18.3 Å². The Kier molecular flexibility index (Phi) is 42.8. The zero-order chi connectivity index (χ0) is 88.0. The van der Waals surface area contributed by atoms with Crippen LogP contribution in [0, 0.1) is 0 Å². The summed E-state index contributed by atoms with van der Waals surface area (Å²) >= 11 is 0. The van der Waals surface area contributed by atoms with E-state index in [2.05, 4.69) is 163 Å². The van der Waals surface area contributed by atoms with Crippen LogP contribution in [0.5, 0.6) is 0 Å². The van der Waals surface area contributed by atoms with Gasteiger partial charge in [-0.25, -0.2) is 90.8 Å². The Morgan fingerprint density at radius 2 is 0.454 bits per heavy atom. The van der Waals surface area contributed by atoms with Crippen molar-refractivity contribution in [2.24, 2.45) is 0 Å². The highest BCUT2D eigenvalue weighted by molar-refractivity contribution is 7.66. The molecule has 0 radical (unpaired) electrons. The van der Waals surface area contributed by atoms with Gasteiger partial charge in [0.2, 0.25) is 0 Å². The van der Waals surface area contributed by atoms with E-state index < -0.39 is 107 Å². The third-order valence-electron chi connectivity index (χ3n) is 18.8. The molecule has 0 aromatic rings. The van der Waals surface area contributed by atoms with Crippen LogP contribution in [0.2, 0.25) is 0 Å². The first-order valence-corrected chi connectivity index (χ1v) is 52.5. The molecule has 0 aromatic heterocycles. The molecule has 5 bridgehead atoms. The van der Waals surface area contributed by atoms with Gasteiger partial charge in [0.1, 0.15) is 0 Å². The molecule has 36 heteroatoms. The molecule has 0 saturated carbocycles. The average Bonchev–Trinajstić information content (AvgIpc) is 0.693. The normalized spacial score (nSPS) is 29.9. The first-order valence-electron chi connectivity index (χ1n) is 40.8. The maximum atomic E-state index is 15.4. The summed E-state index contributed by atoms with van der Waals surface area (Å²) in [4.78, 5) is 0. The van der Waals surface area contributed by atoms with Crippen LogP contribution in [0.4, 0.5) is 0 Å². The Bertz CT molecular complexity index is 4220. The smallest absolute Gasteiger partial charge is 0.282 e. The Morgan fingerprint density at radius 1 is 0.252 bits per heavy atom. The fourth-order valence-corrected chi connectivity index (χ4v) is 24.5. The molecule has 9 fully saturated rings. The van der Waals surface area contributed by atoms with Crippen molar-refractivity contribution in [2.45, 2.75) is 311 Å². The largest absolute Gasteiger partial charge is 0.496 e. The zero-order valence-electron chi connectivity index (χ0n) is 73.5. The molecule has 9 saturated heterocycles. The van der Waals surface area contributed by atoms with E-state index in [4.69, 9.17) is 89.6 Å². The van der Waals surface area contributed by atoms with Crippen molar-refractivity contribution in [1.29, 1.82) is 0 Å². The van der Waals surface area contributed by atoms with Gasteiger partial charge in [-0.15, -0.1) is 0 Å². The minimum absolute atomic E-state index is 0.442. The summed E-state index contributed by atoms with van der Waals surface area (Å²) in [6, 6.07) is 0. The van der Waals surface area contributed by atoms with Crippen molar-refractivity contribution >= 4 is 62.6 Å². The minimum Gasteiger partial charge on any atom is -0.282 e. The first kappa shape index (κ1) is 105. The lowest BCUT2D eigenvalue weighted by atomic mass is 10.0. The Morgan fingerprint density at radius 3 is 0.706 bits per heavy atom. The summed E-state index contributed by atoms with van der Waals surface area (Å²) in [5.41, 5.74) is 17.8. The van der Waals surface area contributed by atoms with E-state index in [0.717, 1.165) is 125 Å². The molecular formula is C83H132O28P8. The third-order valence-corrected chi connectivity index (χ3v) is 32.4. The highest BCUT2D eigenvalue weighted by Gasteiger charge is 2.80. The maximum absolute atomic E-state index is 15.4. The highest BCUT2D eigenvalue weighted by Crippen LogP contribution is 2.89. The van der Waals surface area contributed by atoms with E-state index in [-0.39, 0.29) is 0 Å². The first-order chi connectivity index (χ1) is 55.7. The molecule has 672 valence electrons. The quantitative estimate of drug-likeness (QED) is 0.0403. The lowest BCUT2D eigenvalue weighted by molar-refractivity contribution is -0.480. The number of phosphoric acid groups is 8. The monoisotopic (exact) mass is 1820 g/mol. The van der Waals surface area contributed by atoms with Gasteiger partial charge in [0.05, 0.1) is 26.4 Å². The van der Waals surface area contributed by atoms with Gasteiger partial charge < -0.3 is 0 Å². The molecule has 2 spiro atoms. The van der Waals surface area contributed by atoms with E-state index in [1.807, 2.05) is 27.7 Å². The summed E-state index contributed by atoms with van der Waals surface area (Å²) in [5, 5.41) is 0. The molecule has 0 N–H and O–H groups in total. The van der Waals surface area contributed by atoms with Crippen LogP contribution in [0.15, 0.2) is 186 Å². The van der Waals surface area contributed by atoms with Crippen LogP contribution in [0.1, 0.15) is 293 Å². The lowest BCUT2D eigenvalue weighted by Crippen LogP contribution is -2.54. The number of hydrogen-bond acceptors (Lipinski definition) is 28. The number of fused-ring (bicyclic) bond motifs is 2. The summed E-state index contributed by atoms with van der Waals surface area (Å²) in [6.45, 7) is 37.7. The van der Waals surface area contributed by atoms with Gasteiger partial charge in [-0.2, -0.15) is 17.2 Å². The van der Waals surface area contributed by atoms with Gasteiger partial charge in [-0.1, -0.05) is 186 Å². The van der Waals surface area contributed by atoms with Crippen LogP contribution in [-0.4, -0.2) is 44.9 Å². The number of phosphoric ester groups is 8. The van der Waals surface area contributed by atoms with E-state index >= 15 is 18.3 Å². The van der Waals surface area contributed by atoms with Crippen LogP contribution < -0.4 is 0 Å². The van der Waals surface area contributed by atoms with Crippen molar-refractivity contribution in [2.75, 3.05) is 26.4 Å². The summed E-state index contributed by atoms with van der Waals surface area (Å²) in [6.07, 6.45) is 40.8. The van der Waals surface area contributed by atoms with E-state index in [1.165, 1.54) is 68.4 Å². The molecule has 4 atom stereocenters. The van der Waals surface area contributed by atoms with Gasteiger partial charge in [0, 0.05) is 0 Å². The Hall–Kier alpha value is -3.12. The van der Waals surface area contributed by atoms with Crippen molar-refractivity contribution in [3.63, 3.8) is 0 Å². The Balaban J connectivity index is 1.28. The fraction of sp³-hybridized carbons (Fsp3) is 0.614. The molecule has 0 aromatic carbocycles. The van der Waals surface area contributed by atoms with Gasteiger partial charge in [0.25, 0.3) is 0 Å². The molecule has 9 aliphatic rings. The predicted octanol–water partition coefficient (Wildman–Crippen LogP) is 30.7. The van der Waals surface area contributed by atoms with Crippen LogP contribution in [-0.2, 0) is 126 Å². The molecule has 9 heterocycles. The summed E-state index contributed by atoms with van der Waals surface area (Å²) in [5.74, 6) is 0. The molecular weight excluding hydrogens is 1690 g/mol. The van der Waals surface area contributed by atoms with Gasteiger partial charge in [-0.05, 0) is 293 Å². The summed E-state index contributed by atoms with van der Waals surface area (Å²) < 4.78 is 225. The average molecular weight is 1830 g/mol. The molecule has 9 rings (SSSR count). The molecule has 0 aliphatic carbocycles. The highest BCUT2D eigenvalue weighted by atomic mass is 31.3. The predicted molar refractivity (Wildman–Crippen MR) is 464 cm³/mol. The van der Waals surface area contributed by atoms with Gasteiger partial charge >= 0.3 is 81.1 Å². The maximum Gasteiger partial charge on any atom is 0.496 e. The minimum atomic E-state index is -5.94. The topological polar surface area (TPSA) is 321 Å². The fourth-order valence-electron chi connectivity index (χ4n) is 11.8. The number of rotatable bonds is 52. The van der Waals surface area contributed by atoms with Gasteiger partial charge in [-0.3, -0.25) is 18.1 Å². The standard InChI is InChI=1S/C83H132O28P8/c1-65(2)33-21-37-69(9)41-25-45-73(13)49-29-53-77(17)57-61-92-112(84)96-81(100-116(88,101-81)108-112)97-113(85,93-62-58-78(18)54-30-50-74(14)46-26-42-70(10)38-22-34-66(3)4)109-117(89)102-82(103-117)98-114(86,94-63-59-79(19)55-31-51-75(15)47-27-43-71(11)39-23-35-67(5)6)110-118(90)104-83(105-118)106-119(91,107-83)111-115(87,99-82)95-64-60-80(20)56-32-52-76(16)48-28-44-72(12)40-24-36-68(7)8/h33-36,41-44,49-52,57-60H,21-32,37-40,45-48,53-56,61-64H2,1-20H3/b69-41+,70-42+,71-43+,72-44+,73-49+,74-50+,75-51+,76-52+,77-57+,78-58+,79-59+,80-60+. The second-order valence-corrected chi connectivity index (χ2v) is 44.9. The van der Waals surface area contributed by atoms with Crippen LogP contribution >= 0.6 is 62.6 Å². The molecule has 0 amide bonds. The van der Waals surface area contributed by atoms with E-state index in [0.29, 0.717) is 68.1 Å². The SMILES string of the molecule is CC(C)=CCC/C(C)=C/CC/C(C)=C/CC/C(C)=C/COP1(=O)OC2(OP(=O)(OC/C=C(\C)CC/C=C(\C)CC/C=C(\C)CCC=C(C)C)OP3(=O)OC4(OP(=O)(OC/C=C(\C)CC/C=C(\C)CC/C=C(\C)CCC=C(C)C)OP5(=O)OC6(O5)OP(=O)(O6)OP(=O)(OC/C=C(\C)CC/C=C(\C)CC/C=C(\C)CCC=C(C)C)O4)O3)OP(=O)(O2)O1. The lowest BCUT2D eigenvalue weighted by Gasteiger charge is -2.50. The Labute approximate surface area is 708 Å². The molecule has 4 unspecified atom stereocenters. The number of hydrogen-bond donors (Lipinski definition) is 0. The van der Waals surface area contributed by atoms with Gasteiger partial charge in [0.15, 0.2) is 0 Å². The van der Waals surface area contributed by atoms with Crippen molar-refractivity contribution in [1.82, 2.24) is 0 Å². The second-order valence-electron chi connectivity index (χ2n) is 31.9. The molecule has 9 aliphatic heterocycles. The van der Waals surface area contributed by atoms with Crippen molar-refractivity contribution < 1.29 is 126 Å². The molecule has 28 nitrogen and oxygen atoms in total. The van der Waals surface area contributed by atoms with Crippen LogP contribution in [0.3, 0.4) is 0 Å². The molecule has 119 heavy (non-hydrogen) atoms. The summed E-state index contributed by atoms with van der Waals surface area (Å²) in [7, 11) is -44.2. The number of allylic oxidation sites excluding steroid dienone is 28. The zero-order valence-corrected chi connectivity index (χ0v) is 80.7. The second kappa shape index (κ2) is 48.7.